The van der Waals surface area contributed by atoms with Crippen molar-refractivity contribution in [2.24, 2.45) is 0 Å². The van der Waals surface area contributed by atoms with Crippen LogP contribution in [0.2, 0.25) is 0 Å². The predicted molar refractivity (Wildman–Crippen MR) is 247 cm³/mol. The van der Waals surface area contributed by atoms with Crippen LogP contribution in [0.4, 0.5) is 0 Å². The molecule has 1 spiro atoms. The number of nitrogens with zero attached hydrogens (tertiary/aromatic N) is 5. The van der Waals surface area contributed by atoms with Gasteiger partial charge < -0.3 is 9.15 Å². The SMILES string of the molecule is c1ccc(-c2nc(-c3ccccc3)nc(-c3ccc4c(c3)-c3ccc(-c5nc(-c6ccccc6)c6oc7ccccc7c6n5)cc3C43c4ccccc4Oc4ccccc43)n2)cc1. The first-order valence-corrected chi connectivity index (χ1v) is 21.0. The lowest BCUT2D eigenvalue weighted by molar-refractivity contribution is 0.436. The van der Waals surface area contributed by atoms with Crippen LogP contribution in [0.25, 0.3) is 90.0 Å². The Hall–Kier alpha value is -8.55. The van der Waals surface area contributed by atoms with E-state index in [1.807, 2.05) is 109 Å². The number of para-hydroxylation sites is 3. The van der Waals surface area contributed by atoms with E-state index in [0.717, 1.165) is 94.9 Å². The third-order valence-electron chi connectivity index (χ3n) is 12.4. The van der Waals surface area contributed by atoms with Crippen LogP contribution in [-0.2, 0) is 5.41 Å². The molecule has 3 aromatic heterocycles. The average molecular weight is 808 g/mol. The van der Waals surface area contributed by atoms with E-state index in [-0.39, 0.29) is 0 Å². The fourth-order valence-electron chi connectivity index (χ4n) is 9.63. The van der Waals surface area contributed by atoms with Crippen molar-refractivity contribution in [1.29, 1.82) is 0 Å². The van der Waals surface area contributed by atoms with Crippen LogP contribution >= 0.6 is 0 Å². The second kappa shape index (κ2) is 13.7. The van der Waals surface area contributed by atoms with Crippen LogP contribution < -0.4 is 4.74 Å². The quantitative estimate of drug-likeness (QED) is 0.171. The molecule has 1 aliphatic heterocycles. The van der Waals surface area contributed by atoms with Crippen molar-refractivity contribution in [1.82, 2.24) is 24.9 Å². The van der Waals surface area contributed by atoms with E-state index < -0.39 is 5.41 Å². The number of furan rings is 1. The summed E-state index contributed by atoms with van der Waals surface area (Å²) >= 11 is 0. The van der Waals surface area contributed by atoms with Crippen LogP contribution in [0.3, 0.4) is 0 Å². The van der Waals surface area contributed by atoms with Crippen molar-refractivity contribution < 1.29 is 9.15 Å². The molecule has 0 atom stereocenters. The summed E-state index contributed by atoms with van der Waals surface area (Å²) in [5.41, 5.74) is 13.4. The summed E-state index contributed by atoms with van der Waals surface area (Å²) in [7, 11) is 0. The maximum atomic E-state index is 6.70. The van der Waals surface area contributed by atoms with Gasteiger partial charge in [0.1, 0.15) is 28.3 Å². The van der Waals surface area contributed by atoms with Gasteiger partial charge in [-0.15, -0.1) is 0 Å². The lowest BCUT2D eigenvalue weighted by atomic mass is 9.66. The van der Waals surface area contributed by atoms with Crippen LogP contribution in [-0.4, -0.2) is 24.9 Å². The molecule has 0 amide bonds. The Labute approximate surface area is 362 Å². The normalized spacial score (nSPS) is 13.0. The molecule has 0 saturated heterocycles. The molecule has 0 fully saturated rings. The van der Waals surface area contributed by atoms with Crippen molar-refractivity contribution in [2.75, 3.05) is 0 Å². The Morgan fingerprint density at radius 2 is 0.873 bits per heavy atom. The van der Waals surface area contributed by atoms with Crippen molar-refractivity contribution in [3.05, 3.63) is 222 Å². The largest absolute Gasteiger partial charge is 0.457 e. The van der Waals surface area contributed by atoms with E-state index in [0.29, 0.717) is 28.9 Å². The Morgan fingerprint density at radius 3 is 1.54 bits per heavy atom. The number of hydrogen-bond acceptors (Lipinski definition) is 7. The highest BCUT2D eigenvalue weighted by atomic mass is 16.5. The molecule has 7 heteroatoms. The zero-order valence-corrected chi connectivity index (χ0v) is 33.6. The molecule has 8 aromatic carbocycles. The van der Waals surface area contributed by atoms with Crippen LogP contribution in [0.15, 0.2) is 205 Å². The Kier molecular flexibility index (Phi) is 7.68. The van der Waals surface area contributed by atoms with E-state index in [9.17, 15) is 0 Å². The summed E-state index contributed by atoms with van der Waals surface area (Å²) in [5, 5.41) is 0.947. The van der Waals surface area contributed by atoms with Gasteiger partial charge in [0.15, 0.2) is 28.9 Å². The molecule has 11 aromatic rings. The summed E-state index contributed by atoms with van der Waals surface area (Å²) in [6.07, 6.45) is 0. The van der Waals surface area contributed by atoms with Gasteiger partial charge in [0.25, 0.3) is 0 Å². The number of hydrogen-bond donors (Lipinski definition) is 0. The summed E-state index contributed by atoms with van der Waals surface area (Å²) in [4.78, 5) is 25.8. The Morgan fingerprint density at radius 1 is 0.349 bits per heavy atom. The lowest BCUT2D eigenvalue weighted by Crippen LogP contribution is -2.32. The number of fused-ring (bicyclic) bond motifs is 12. The lowest BCUT2D eigenvalue weighted by Gasteiger charge is -2.39. The molecular formula is C56H33N5O2. The molecule has 0 N–H and O–H groups in total. The molecule has 294 valence electrons. The predicted octanol–water partition coefficient (Wildman–Crippen LogP) is 13.4. The second-order valence-corrected chi connectivity index (χ2v) is 15.9. The smallest absolute Gasteiger partial charge is 0.180 e. The highest BCUT2D eigenvalue weighted by Gasteiger charge is 2.51. The van der Waals surface area contributed by atoms with E-state index in [1.54, 1.807) is 0 Å². The van der Waals surface area contributed by atoms with E-state index in [1.165, 1.54) is 0 Å². The number of rotatable bonds is 5. The van der Waals surface area contributed by atoms with Gasteiger partial charge in [-0.3, -0.25) is 0 Å². The highest BCUT2D eigenvalue weighted by molar-refractivity contribution is 6.07. The van der Waals surface area contributed by atoms with E-state index >= 15 is 0 Å². The Balaban J connectivity index is 1.07. The third kappa shape index (κ3) is 5.36. The maximum Gasteiger partial charge on any atom is 0.180 e. The van der Waals surface area contributed by atoms with Gasteiger partial charge in [0, 0.05) is 44.3 Å². The molecule has 0 radical (unpaired) electrons. The van der Waals surface area contributed by atoms with Crippen LogP contribution in [0, 0.1) is 0 Å². The third-order valence-corrected chi connectivity index (χ3v) is 12.4. The average Bonchev–Trinajstić information content (AvgIpc) is 3.87. The van der Waals surface area contributed by atoms with Gasteiger partial charge in [0.05, 0.1) is 5.41 Å². The van der Waals surface area contributed by atoms with Gasteiger partial charge in [-0.05, 0) is 58.7 Å². The molecule has 2 aliphatic rings. The van der Waals surface area contributed by atoms with Crippen LogP contribution in [0.5, 0.6) is 11.5 Å². The zero-order valence-electron chi connectivity index (χ0n) is 33.6. The number of benzene rings is 8. The molecule has 0 unspecified atom stereocenters. The van der Waals surface area contributed by atoms with Crippen molar-refractivity contribution >= 4 is 22.1 Å². The summed E-state index contributed by atoms with van der Waals surface area (Å²) in [6, 6.07) is 68.5. The first kappa shape index (κ1) is 35.2. The number of aromatic nitrogens is 5. The second-order valence-electron chi connectivity index (χ2n) is 15.9. The molecule has 7 nitrogen and oxygen atoms in total. The Bertz CT molecular complexity index is 3500. The standard InChI is InChI=1S/C56H33N5O2/c1-4-16-34(17-5-1)49-51-50(40-22-10-13-25-46(40)63-51)58-54(57-49)38-28-30-39-41-32-37(55-60-52(35-18-6-2-7-19-35)59-53(61-55)36-20-8-3-9-21-36)29-31-42(41)56(45(39)33-38)43-23-11-14-26-47(43)62-48-27-15-12-24-44(48)56/h1-33H. The van der Waals surface area contributed by atoms with Crippen molar-refractivity contribution in [3.63, 3.8) is 0 Å². The number of ether oxygens (including phenoxy) is 1. The van der Waals surface area contributed by atoms with Gasteiger partial charge in [-0.25, -0.2) is 24.9 Å². The highest BCUT2D eigenvalue weighted by Crippen LogP contribution is 2.62. The molecule has 13 rings (SSSR count). The topological polar surface area (TPSA) is 86.8 Å². The van der Waals surface area contributed by atoms with E-state index in [2.05, 4.69) is 91.0 Å². The minimum absolute atomic E-state index is 0.597. The molecule has 0 saturated carbocycles. The molecule has 63 heavy (non-hydrogen) atoms. The maximum absolute atomic E-state index is 6.70. The molecule has 0 bridgehead atoms. The van der Waals surface area contributed by atoms with Gasteiger partial charge in [-0.1, -0.05) is 164 Å². The van der Waals surface area contributed by atoms with Crippen molar-refractivity contribution in [2.45, 2.75) is 5.41 Å². The first-order chi connectivity index (χ1) is 31.2. The summed E-state index contributed by atoms with van der Waals surface area (Å²) in [6.45, 7) is 0. The van der Waals surface area contributed by atoms with Crippen LogP contribution in [0.1, 0.15) is 22.3 Å². The minimum Gasteiger partial charge on any atom is -0.457 e. The van der Waals surface area contributed by atoms with Gasteiger partial charge >= 0.3 is 0 Å². The monoisotopic (exact) mass is 807 g/mol. The fourth-order valence-corrected chi connectivity index (χ4v) is 9.63. The van der Waals surface area contributed by atoms with E-state index in [4.69, 9.17) is 34.1 Å². The molecule has 1 aliphatic carbocycles. The fraction of sp³-hybridized carbons (Fsp3) is 0.0179. The molecular weight excluding hydrogens is 775 g/mol. The minimum atomic E-state index is -0.733. The first-order valence-electron chi connectivity index (χ1n) is 21.0. The summed E-state index contributed by atoms with van der Waals surface area (Å²) in [5.74, 6) is 4.08. The van der Waals surface area contributed by atoms with Crippen molar-refractivity contribution in [3.8, 4) is 79.4 Å². The molecule has 4 heterocycles. The zero-order chi connectivity index (χ0) is 41.5. The van der Waals surface area contributed by atoms with Gasteiger partial charge in [0.2, 0.25) is 0 Å². The van der Waals surface area contributed by atoms with Gasteiger partial charge in [-0.2, -0.15) is 0 Å². The summed E-state index contributed by atoms with van der Waals surface area (Å²) < 4.78 is 13.2.